The minimum atomic E-state index is 0.865. The van der Waals surface area contributed by atoms with Crippen molar-refractivity contribution in [3.05, 3.63) is 41.5 Å². The molecule has 0 radical (unpaired) electrons. The molecule has 0 unspecified atom stereocenters. The molecule has 1 fully saturated rings. The van der Waals surface area contributed by atoms with E-state index < -0.39 is 0 Å². The minimum absolute atomic E-state index is 0.865. The first kappa shape index (κ1) is 15.5. The zero-order chi connectivity index (χ0) is 16.5. The van der Waals surface area contributed by atoms with Crippen molar-refractivity contribution in [3.63, 3.8) is 0 Å². The highest BCUT2D eigenvalue weighted by molar-refractivity contribution is 7.17. The maximum atomic E-state index is 4.85. The Hall–Kier alpha value is -1.98. The van der Waals surface area contributed by atoms with Gasteiger partial charge in [-0.1, -0.05) is 30.3 Å². The summed E-state index contributed by atoms with van der Waals surface area (Å²) in [6, 6.07) is 10.6. The normalized spacial score (nSPS) is 16.0. The Kier molecular flexibility index (Phi) is 4.21. The standard InChI is InChI=1S/C19H22N4S/c1-3-22-9-11-23(12-10-22)18-17-16(15-7-5-4-6-8-15)13-24-19(17)21-14(2)20-18/h4-8,13H,3,9-12H2,1-2H3/p+1. The van der Waals surface area contributed by atoms with Crippen LogP contribution in [0.2, 0.25) is 0 Å². The van der Waals surface area contributed by atoms with Crippen LogP contribution in [-0.4, -0.2) is 42.7 Å². The van der Waals surface area contributed by atoms with Crippen LogP contribution in [0.1, 0.15) is 12.7 Å². The number of likely N-dealkylation sites (N-methyl/N-ethyl adjacent to an activating group) is 1. The zero-order valence-electron chi connectivity index (χ0n) is 14.2. The van der Waals surface area contributed by atoms with Crippen LogP contribution >= 0.6 is 11.3 Å². The summed E-state index contributed by atoms with van der Waals surface area (Å²) in [7, 11) is 0. The summed E-state index contributed by atoms with van der Waals surface area (Å²) in [5.74, 6) is 1.98. The monoisotopic (exact) mass is 339 g/mol. The number of piperazine rings is 1. The second kappa shape index (κ2) is 6.49. The van der Waals surface area contributed by atoms with Crippen molar-refractivity contribution >= 4 is 27.4 Å². The molecule has 3 heterocycles. The van der Waals surface area contributed by atoms with Crippen LogP contribution in [0, 0.1) is 6.92 Å². The average Bonchev–Trinajstić information content (AvgIpc) is 3.05. The van der Waals surface area contributed by atoms with E-state index in [2.05, 4.69) is 52.5 Å². The lowest BCUT2D eigenvalue weighted by Crippen LogP contribution is -3.14. The fraction of sp³-hybridized carbons (Fsp3) is 0.368. The number of benzene rings is 1. The van der Waals surface area contributed by atoms with Crippen LogP contribution in [0.5, 0.6) is 0 Å². The number of fused-ring (bicyclic) bond motifs is 1. The van der Waals surface area contributed by atoms with Crippen LogP contribution in [-0.2, 0) is 0 Å². The summed E-state index contributed by atoms with van der Waals surface area (Å²) in [5.41, 5.74) is 2.51. The van der Waals surface area contributed by atoms with Gasteiger partial charge < -0.3 is 9.80 Å². The molecular weight excluding hydrogens is 316 g/mol. The van der Waals surface area contributed by atoms with Crippen LogP contribution in [0.3, 0.4) is 0 Å². The maximum Gasteiger partial charge on any atom is 0.142 e. The number of quaternary nitrogens is 1. The van der Waals surface area contributed by atoms with Gasteiger partial charge in [0, 0.05) is 10.9 Å². The second-order valence-electron chi connectivity index (χ2n) is 6.38. The molecule has 0 amide bonds. The fourth-order valence-electron chi connectivity index (χ4n) is 3.47. The first-order chi connectivity index (χ1) is 11.8. The SMILES string of the molecule is CC[NH+]1CCN(c2nc(C)nc3scc(-c4ccccc4)c23)CC1. The van der Waals surface area contributed by atoms with Gasteiger partial charge in [0.05, 0.1) is 38.1 Å². The molecule has 5 heteroatoms. The summed E-state index contributed by atoms with van der Waals surface area (Å²) in [6.45, 7) is 9.98. The summed E-state index contributed by atoms with van der Waals surface area (Å²) < 4.78 is 0. The summed E-state index contributed by atoms with van der Waals surface area (Å²) in [4.78, 5) is 14.8. The quantitative estimate of drug-likeness (QED) is 0.795. The number of thiophene rings is 1. The van der Waals surface area contributed by atoms with Gasteiger partial charge in [0.2, 0.25) is 0 Å². The van der Waals surface area contributed by atoms with Gasteiger partial charge in [-0.15, -0.1) is 11.3 Å². The van der Waals surface area contributed by atoms with E-state index in [4.69, 9.17) is 4.98 Å². The predicted octanol–water partition coefficient (Wildman–Crippen LogP) is 2.39. The van der Waals surface area contributed by atoms with Gasteiger partial charge in [-0.3, -0.25) is 0 Å². The Balaban J connectivity index is 1.81. The van der Waals surface area contributed by atoms with Crippen LogP contribution < -0.4 is 9.80 Å². The van der Waals surface area contributed by atoms with Gasteiger partial charge in [0.25, 0.3) is 0 Å². The van der Waals surface area contributed by atoms with E-state index in [1.807, 2.05) is 6.92 Å². The Bertz CT molecular complexity index is 835. The van der Waals surface area contributed by atoms with E-state index in [-0.39, 0.29) is 0 Å². The van der Waals surface area contributed by atoms with Crippen molar-refractivity contribution in [3.8, 4) is 11.1 Å². The second-order valence-corrected chi connectivity index (χ2v) is 7.24. The molecule has 0 bridgehead atoms. The topological polar surface area (TPSA) is 33.5 Å². The number of anilines is 1. The summed E-state index contributed by atoms with van der Waals surface area (Å²) in [5, 5.41) is 3.45. The van der Waals surface area contributed by atoms with Crippen molar-refractivity contribution in [2.45, 2.75) is 13.8 Å². The summed E-state index contributed by atoms with van der Waals surface area (Å²) >= 11 is 1.72. The van der Waals surface area contributed by atoms with Gasteiger partial charge in [-0.05, 0) is 19.4 Å². The highest BCUT2D eigenvalue weighted by atomic mass is 32.1. The Morgan fingerprint density at radius 1 is 1.12 bits per heavy atom. The number of hydrogen-bond donors (Lipinski definition) is 1. The highest BCUT2D eigenvalue weighted by Gasteiger charge is 2.24. The molecular formula is C19H23N4S+. The van der Waals surface area contributed by atoms with E-state index >= 15 is 0 Å². The number of hydrogen-bond acceptors (Lipinski definition) is 4. The summed E-state index contributed by atoms with van der Waals surface area (Å²) in [6.07, 6.45) is 0. The highest BCUT2D eigenvalue weighted by Crippen LogP contribution is 2.38. The molecule has 2 aromatic heterocycles. The first-order valence-electron chi connectivity index (χ1n) is 8.66. The zero-order valence-corrected chi connectivity index (χ0v) is 15.1. The maximum absolute atomic E-state index is 4.85. The fourth-order valence-corrected chi connectivity index (χ4v) is 4.46. The Morgan fingerprint density at radius 3 is 2.58 bits per heavy atom. The van der Waals surface area contributed by atoms with Gasteiger partial charge in [-0.25, -0.2) is 9.97 Å². The van der Waals surface area contributed by atoms with Crippen molar-refractivity contribution < 1.29 is 4.90 Å². The molecule has 1 N–H and O–H groups in total. The molecule has 3 aromatic rings. The van der Waals surface area contributed by atoms with Crippen molar-refractivity contribution in [2.24, 2.45) is 0 Å². The third kappa shape index (κ3) is 2.78. The molecule has 1 aromatic carbocycles. The van der Waals surface area contributed by atoms with Gasteiger partial charge in [0.1, 0.15) is 16.5 Å². The van der Waals surface area contributed by atoms with E-state index in [1.165, 1.54) is 36.1 Å². The van der Waals surface area contributed by atoms with E-state index in [0.717, 1.165) is 29.6 Å². The molecule has 4 rings (SSSR count). The van der Waals surface area contributed by atoms with E-state index in [9.17, 15) is 0 Å². The third-order valence-corrected chi connectivity index (χ3v) is 5.75. The number of nitrogens with one attached hydrogen (secondary N) is 1. The third-order valence-electron chi connectivity index (χ3n) is 4.88. The van der Waals surface area contributed by atoms with Crippen molar-refractivity contribution in [2.75, 3.05) is 37.6 Å². The Morgan fingerprint density at radius 2 is 1.88 bits per heavy atom. The average molecular weight is 339 g/mol. The van der Waals surface area contributed by atoms with E-state index in [1.54, 1.807) is 16.2 Å². The van der Waals surface area contributed by atoms with Gasteiger partial charge in [-0.2, -0.15) is 0 Å². The minimum Gasteiger partial charge on any atom is -0.345 e. The molecule has 0 atom stereocenters. The van der Waals surface area contributed by atoms with Crippen molar-refractivity contribution in [1.29, 1.82) is 0 Å². The van der Waals surface area contributed by atoms with Crippen LogP contribution in [0.15, 0.2) is 35.7 Å². The molecule has 0 spiro atoms. The molecule has 0 saturated carbocycles. The van der Waals surface area contributed by atoms with Crippen molar-refractivity contribution in [1.82, 2.24) is 9.97 Å². The van der Waals surface area contributed by atoms with Crippen LogP contribution in [0.4, 0.5) is 5.82 Å². The van der Waals surface area contributed by atoms with Gasteiger partial charge in [0.15, 0.2) is 0 Å². The Labute approximate surface area is 146 Å². The lowest BCUT2D eigenvalue weighted by molar-refractivity contribution is -0.898. The molecule has 24 heavy (non-hydrogen) atoms. The molecule has 124 valence electrons. The largest absolute Gasteiger partial charge is 0.345 e. The van der Waals surface area contributed by atoms with E-state index in [0.29, 0.717) is 0 Å². The first-order valence-corrected chi connectivity index (χ1v) is 9.54. The lowest BCUT2D eigenvalue weighted by Gasteiger charge is -2.32. The van der Waals surface area contributed by atoms with Crippen LogP contribution in [0.25, 0.3) is 21.3 Å². The molecule has 1 aliphatic heterocycles. The molecule has 1 aliphatic rings. The number of rotatable bonds is 3. The predicted molar refractivity (Wildman–Crippen MR) is 101 cm³/mol. The molecule has 1 saturated heterocycles. The number of nitrogens with zero attached hydrogens (tertiary/aromatic N) is 3. The molecule has 4 nitrogen and oxygen atoms in total. The lowest BCUT2D eigenvalue weighted by atomic mass is 10.1. The molecule has 0 aliphatic carbocycles. The number of aromatic nitrogens is 2. The smallest absolute Gasteiger partial charge is 0.142 e. The van der Waals surface area contributed by atoms with Gasteiger partial charge >= 0.3 is 0 Å². The number of aryl methyl sites for hydroxylation is 1.